The van der Waals surface area contributed by atoms with E-state index in [1.807, 2.05) is 86.6 Å². The van der Waals surface area contributed by atoms with Gasteiger partial charge in [-0.3, -0.25) is 18.7 Å². The van der Waals surface area contributed by atoms with Crippen molar-refractivity contribution in [1.82, 2.24) is 19.1 Å². The molecular weight excluding hydrogens is 679 g/mol. The number of halogens is 2. The van der Waals surface area contributed by atoms with E-state index in [0.717, 1.165) is 22.3 Å². The highest BCUT2D eigenvalue weighted by Crippen LogP contribution is 2.29. The highest BCUT2D eigenvalue weighted by Gasteiger charge is 2.16. The molecule has 0 aliphatic carbocycles. The number of aryl methyl sites for hydroxylation is 2. The number of thioether (sulfide) groups is 2. The summed E-state index contributed by atoms with van der Waals surface area (Å²) in [5, 5.41) is 3.48. The fourth-order valence-electron chi connectivity index (χ4n) is 5.34. The Morgan fingerprint density at radius 2 is 0.958 bits per heavy atom. The predicted molar refractivity (Wildman–Crippen MR) is 200 cm³/mol. The van der Waals surface area contributed by atoms with E-state index in [9.17, 15) is 9.59 Å². The van der Waals surface area contributed by atoms with Crippen molar-refractivity contribution >= 4 is 68.5 Å². The van der Waals surface area contributed by atoms with Gasteiger partial charge in [0.1, 0.15) is 0 Å². The molecule has 5 aromatic carbocycles. The Morgan fingerprint density at radius 3 is 1.35 bits per heavy atom. The lowest BCUT2D eigenvalue weighted by Crippen LogP contribution is -2.21. The summed E-state index contributed by atoms with van der Waals surface area (Å²) in [6, 6.07) is 34.3. The van der Waals surface area contributed by atoms with E-state index in [1.54, 1.807) is 21.3 Å². The summed E-state index contributed by atoms with van der Waals surface area (Å²) in [5.41, 5.74) is 6.44. The first-order chi connectivity index (χ1) is 23.3. The van der Waals surface area contributed by atoms with E-state index in [4.69, 9.17) is 33.2 Å². The maximum absolute atomic E-state index is 13.7. The molecule has 0 N–H and O–H groups in total. The summed E-state index contributed by atoms with van der Waals surface area (Å²) in [6.07, 6.45) is 0. The standard InChI is InChI=1S/C38H28Cl2N4O2S2/c1-23-11-17-27(19-31(23)39)43-35(45)29-7-3-5-9-33(29)41-37(43)47-21-25-13-15-26(16-14-25)22-48-38-42-34-10-6-4-8-30(34)36(46)44(38)28-18-12-24(2)32(40)20-28/h3-20H,21-22H2,1-2H3. The lowest BCUT2D eigenvalue weighted by molar-refractivity contribution is 0.819. The van der Waals surface area contributed by atoms with Gasteiger partial charge in [0, 0.05) is 21.6 Å². The summed E-state index contributed by atoms with van der Waals surface area (Å²) in [7, 11) is 0. The number of fused-ring (bicyclic) bond motifs is 2. The van der Waals surface area contributed by atoms with Gasteiger partial charge in [0.25, 0.3) is 11.1 Å². The minimum atomic E-state index is -0.135. The average molecular weight is 708 g/mol. The van der Waals surface area contributed by atoms with Crippen molar-refractivity contribution in [2.45, 2.75) is 35.7 Å². The van der Waals surface area contributed by atoms with Crippen LogP contribution in [0.4, 0.5) is 0 Å². The molecule has 0 saturated carbocycles. The smallest absolute Gasteiger partial charge is 0.266 e. The number of rotatable bonds is 8. The van der Waals surface area contributed by atoms with Crippen LogP contribution in [0.25, 0.3) is 33.2 Å². The molecular formula is C38H28Cl2N4O2S2. The van der Waals surface area contributed by atoms with E-state index < -0.39 is 0 Å². The third-order valence-electron chi connectivity index (χ3n) is 8.08. The van der Waals surface area contributed by atoms with Gasteiger partial charge in [-0.15, -0.1) is 0 Å². The fraction of sp³-hybridized carbons (Fsp3) is 0.105. The first-order valence-electron chi connectivity index (χ1n) is 15.2. The Bertz CT molecular complexity index is 2290. The fourth-order valence-corrected chi connectivity index (χ4v) is 7.63. The van der Waals surface area contributed by atoms with Crippen molar-refractivity contribution in [3.8, 4) is 11.4 Å². The second kappa shape index (κ2) is 13.6. The normalized spacial score (nSPS) is 11.4. The SMILES string of the molecule is Cc1ccc(-n2c(SCc3ccc(CSc4nc5ccccc5c(=O)n4-c4ccc(C)c(Cl)c4)cc3)nc3ccccc3c2=O)cc1Cl. The van der Waals surface area contributed by atoms with Crippen molar-refractivity contribution < 1.29 is 0 Å². The van der Waals surface area contributed by atoms with Gasteiger partial charge in [-0.25, -0.2) is 9.97 Å². The topological polar surface area (TPSA) is 69.8 Å². The van der Waals surface area contributed by atoms with Crippen molar-refractivity contribution in [2.75, 3.05) is 0 Å². The summed E-state index contributed by atoms with van der Waals surface area (Å²) in [4.78, 5) is 37.1. The first kappa shape index (κ1) is 32.2. The van der Waals surface area contributed by atoms with E-state index in [-0.39, 0.29) is 11.1 Å². The van der Waals surface area contributed by atoms with Crippen LogP contribution in [0.5, 0.6) is 0 Å². The molecule has 48 heavy (non-hydrogen) atoms. The maximum Gasteiger partial charge on any atom is 0.266 e. The zero-order valence-corrected chi connectivity index (χ0v) is 29.1. The minimum Gasteiger partial charge on any atom is -0.268 e. The van der Waals surface area contributed by atoms with Crippen LogP contribution in [0.15, 0.2) is 129 Å². The molecule has 10 heteroatoms. The van der Waals surface area contributed by atoms with Crippen LogP contribution in [0, 0.1) is 13.8 Å². The van der Waals surface area contributed by atoms with Crippen molar-refractivity contribution in [3.05, 3.63) is 162 Å². The van der Waals surface area contributed by atoms with E-state index in [2.05, 4.69) is 24.3 Å². The van der Waals surface area contributed by atoms with E-state index >= 15 is 0 Å². The molecule has 0 aliphatic heterocycles. The molecule has 238 valence electrons. The van der Waals surface area contributed by atoms with Crippen LogP contribution >= 0.6 is 46.7 Å². The highest BCUT2D eigenvalue weighted by atomic mass is 35.5. The van der Waals surface area contributed by atoms with Gasteiger partial charge >= 0.3 is 0 Å². The Kier molecular flexibility index (Phi) is 9.16. The summed E-state index contributed by atoms with van der Waals surface area (Å²) in [6.45, 7) is 3.87. The number of hydrogen-bond donors (Lipinski definition) is 0. The van der Waals surface area contributed by atoms with Gasteiger partial charge < -0.3 is 0 Å². The van der Waals surface area contributed by atoms with Gasteiger partial charge in [-0.05, 0) is 84.6 Å². The van der Waals surface area contributed by atoms with E-state index in [0.29, 0.717) is 65.0 Å². The molecule has 7 rings (SSSR count). The van der Waals surface area contributed by atoms with Crippen LogP contribution in [0.2, 0.25) is 10.0 Å². The van der Waals surface area contributed by atoms with E-state index in [1.165, 1.54) is 23.5 Å². The minimum absolute atomic E-state index is 0.135. The molecule has 0 amide bonds. The molecule has 6 nitrogen and oxygen atoms in total. The number of para-hydroxylation sites is 2. The number of nitrogens with zero attached hydrogens (tertiary/aromatic N) is 4. The van der Waals surface area contributed by atoms with Crippen LogP contribution in [0.1, 0.15) is 22.3 Å². The van der Waals surface area contributed by atoms with Crippen molar-refractivity contribution in [1.29, 1.82) is 0 Å². The lowest BCUT2D eigenvalue weighted by Gasteiger charge is -2.15. The molecule has 2 aromatic heterocycles. The molecule has 0 bridgehead atoms. The number of hydrogen-bond acceptors (Lipinski definition) is 6. The second-order valence-electron chi connectivity index (χ2n) is 11.4. The molecule has 0 unspecified atom stereocenters. The van der Waals surface area contributed by atoms with Crippen LogP contribution in [-0.4, -0.2) is 19.1 Å². The molecule has 2 heterocycles. The Hall–Kier alpha value is -4.34. The third kappa shape index (κ3) is 6.41. The summed E-state index contributed by atoms with van der Waals surface area (Å²) < 4.78 is 3.28. The van der Waals surface area contributed by atoms with Gasteiger partial charge in [0.15, 0.2) is 10.3 Å². The monoisotopic (exact) mass is 706 g/mol. The third-order valence-corrected chi connectivity index (χ3v) is 10.9. The van der Waals surface area contributed by atoms with Crippen LogP contribution < -0.4 is 11.1 Å². The maximum atomic E-state index is 13.7. The number of benzene rings is 5. The molecule has 0 atom stereocenters. The molecule has 7 aromatic rings. The largest absolute Gasteiger partial charge is 0.268 e. The zero-order chi connectivity index (χ0) is 33.4. The summed E-state index contributed by atoms with van der Waals surface area (Å²) >= 11 is 15.9. The van der Waals surface area contributed by atoms with Gasteiger partial charge in [-0.2, -0.15) is 0 Å². The Balaban J connectivity index is 1.14. The first-order valence-corrected chi connectivity index (χ1v) is 17.9. The molecule has 0 fully saturated rings. The van der Waals surface area contributed by atoms with Crippen molar-refractivity contribution in [3.63, 3.8) is 0 Å². The Labute approximate surface area is 295 Å². The van der Waals surface area contributed by atoms with Crippen LogP contribution in [-0.2, 0) is 11.5 Å². The summed E-state index contributed by atoms with van der Waals surface area (Å²) in [5.74, 6) is 1.22. The molecule has 0 spiro atoms. The van der Waals surface area contributed by atoms with Crippen molar-refractivity contribution in [2.24, 2.45) is 0 Å². The molecule has 0 radical (unpaired) electrons. The second-order valence-corrected chi connectivity index (χ2v) is 14.1. The highest BCUT2D eigenvalue weighted by molar-refractivity contribution is 7.98. The van der Waals surface area contributed by atoms with Gasteiger partial charge in [-0.1, -0.05) is 107 Å². The van der Waals surface area contributed by atoms with Crippen LogP contribution in [0.3, 0.4) is 0 Å². The zero-order valence-electron chi connectivity index (χ0n) is 26.0. The number of aromatic nitrogens is 4. The lowest BCUT2D eigenvalue weighted by atomic mass is 10.2. The Morgan fingerprint density at radius 1 is 0.562 bits per heavy atom. The van der Waals surface area contributed by atoms with Gasteiger partial charge in [0.05, 0.1) is 33.2 Å². The van der Waals surface area contributed by atoms with Gasteiger partial charge in [0.2, 0.25) is 0 Å². The quantitative estimate of drug-likeness (QED) is 0.116. The predicted octanol–water partition coefficient (Wildman–Crippen LogP) is 9.59. The average Bonchev–Trinajstić information content (AvgIpc) is 3.10. The molecule has 0 aliphatic rings. The molecule has 0 saturated heterocycles.